The van der Waals surface area contributed by atoms with E-state index in [-0.39, 0.29) is 0 Å². The van der Waals surface area contributed by atoms with Gasteiger partial charge in [-0.3, -0.25) is 0 Å². The molecule has 1 aliphatic rings. The van der Waals surface area contributed by atoms with Crippen molar-refractivity contribution in [2.75, 3.05) is 6.54 Å². The molecule has 9 heteroatoms. The molecule has 0 saturated carbocycles. The van der Waals surface area contributed by atoms with E-state index in [2.05, 4.69) is 0 Å². The number of nitrogens with one attached hydrogen (secondary N) is 1. The summed E-state index contributed by atoms with van der Waals surface area (Å²) < 4.78 is 29.7. The lowest BCUT2D eigenvalue weighted by atomic mass is 10.1. The second-order valence-corrected chi connectivity index (χ2v) is 6.88. The average molecular weight is 306 g/mol. The number of ether oxygens (including phenoxy) is 1. The quantitative estimate of drug-likeness (QED) is 0.807. The van der Waals surface area contributed by atoms with Crippen LogP contribution in [-0.4, -0.2) is 48.8 Å². The number of hydrogen-bond donors (Lipinski definition) is 2. The van der Waals surface area contributed by atoms with Crippen LogP contribution in [0.1, 0.15) is 27.2 Å². The van der Waals surface area contributed by atoms with Gasteiger partial charge in [-0.2, -0.15) is 0 Å². The van der Waals surface area contributed by atoms with Crippen LogP contribution in [0.5, 0.6) is 0 Å². The van der Waals surface area contributed by atoms with E-state index in [1.165, 1.54) is 6.08 Å². The molecule has 0 bridgehead atoms. The summed E-state index contributed by atoms with van der Waals surface area (Å²) in [6.07, 6.45) is -0.413. The summed E-state index contributed by atoms with van der Waals surface area (Å²) in [6, 6.07) is -0.484. The molecule has 0 aliphatic carbocycles. The zero-order valence-electron chi connectivity index (χ0n) is 11.5. The molecule has 1 heterocycles. The maximum Gasteiger partial charge on any atom is 0.421 e. The van der Waals surface area contributed by atoms with Gasteiger partial charge >= 0.3 is 12.2 Å². The van der Waals surface area contributed by atoms with E-state index in [4.69, 9.17) is 9.84 Å². The van der Waals surface area contributed by atoms with Crippen molar-refractivity contribution in [3.63, 3.8) is 0 Å². The minimum Gasteiger partial charge on any atom is -0.465 e. The first kappa shape index (κ1) is 16.3. The van der Waals surface area contributed by atoms with E-state index >= 15 is 0 Å². The highest BCUT2D eigenvalue weighted by Crippen LogP contribution is 2.18. The molecular weight excluding hydrogens is 288 g/mol. The molecule has 1 atom stereocenters. The van der Waals surface area contributed by atoms with E-state index in [0.29, 0.717) is 13.0 Å². The van der Waals surface area contributed by atoms with Crippen LogP contribution in [0.4, 0.5) is 9.59 Å². The molecule has 1 rings (SSSR count). The highest BCUT2D eigenvalue weighted by Gasteiger charge is 2.30. The Morgan fingerprint density at radius 1 is 1.40 bits per heavy atom. The fourth-order valence-corrected chi connectivity index (χ4v) is 2.22. The molecule has 0 radical (unpaired) electrons. The van der Waals surface area contributed by atoms with Crippen LogP contribution in [0, 0.1) is 0 Å². The van der Waals surface area contributed by atoms with Gasteiger partial charge in [0.15, 0.2) is 0 Å². The Morgan fingerprint density at radius 3 is 2.40 bits per heavy atom. The normalized spacial score (nSPS) is 19.6. The Morgan fingerprint density at radius 2 is 2.00 bits per heavy atom. The van der Waals surface area contributed by atoms with Crippen molar-refractivity contribution in [1.82, 2.24) is 9.62 Å². The second kappa shape index (κ2) is 5.70. The van der Waals surface area contributed by atoms with E-state index in [9.17, 15) is 18.0 Å². The number of amides is 2. The zero-order valence-corrected chi connectivity index (χ0v) is 12.3. The van der Waals surface area contributed by atoms with Gasteiger partial charge in [-0.1, -0.05) is 0 Å². The number of rotatable bonds is 3. The molecule has 0 aromatic rings. The predicted molar refractivity (Wildman–Crippen MR) is 70.6 cm³/mol. The molecule has 1 saturated heterocycles. The molecule has 2 amide bonds. The van der Waals surface area contributed by atoms with Crippen molar-refractivity contribution in [3.05, 3.63) is 11.5 Å². The SMILES string of the molecule is CC(C)(C)OC(=O)NS(=O)(=O)/C=C/C1CCN1C(=O)O. The molecule has 20 heavy (non-hydrogen) atoms. The van der Waals surface area contributed by atoms with Crippen LogP contribution >= 0.6 is 0 Å². The van der Waals surface area contributed by atoms with Gasteiger partial charge in [-0.25, -0.2) is 22.7 Å². The first-order valence-electron chi connectivity index (χ1n) is 5.94. The summed E-state index contributed by atoms with van der Waals surface area (Å²) in [7, 11) is -4.00. The van der Waals surface area contributed by atoms with Gasteiger partial charge in [0.25, 0.3) is 10.0 Å². The van der Waals surface area contributed by atoms with Crippen molar-refractivity contribution in [2.45, 2.75) is 38.8 Å². The van der Waals surface area contributed by atoms with E-state index in [1.54, 1.807) is 25.5 Å². The fourth-order valence-electron chi connectivity index (χ4n) is 1.49. The highest BCUT2D eigenvalue weighted by molar-refractivity contribution is 7.92. The molecule has 0 aromatic heterocycles. The third kappa shape index (κ3) is 5.08. The molecular formula is C11H18N2O6S. The minimum absolute atomic E-state index is 0.365. The summed E-state index contributed by atoms with van der Waals surface area (Å²) in [6.45, 7) is 5.18. The average Bonchev–Trinajstić information content (AvgIpc) is 2.09. The number of carbonyl (C=O) groups excluding carboxylic acids is 1. The maximum atomic E-state index is 11.6. The van der Waals surface area contributed by atoms with Crippen molar-refractivity contribution < 1.29 is 27.9 Å². The van der Waals surface area contributed by atoms with Gasteiger partial charge in [0.05, 0.1) is 6.04 Å². The topological polar surface area (TPSA) is 113 Å². The number of sulfonamides is 1. The first-order valence-corrected chi connectivity index (χ1v) is 7.48. The Hall–Kier alpha value is -1.77. The van der Waals surface area contributed by atoms with E-state index in [1.807, 2.05) is 0 Å². The summed E-state index contributed by atoms with van der Waals surface area (Å²) in [5, 5.41) is 9.53. The van der Waals surface area contributed by atoms with Gasteiger partial charge < -0.3 is 14.7 Å². The third-order valence-corrected chi connectivity index (χ3v) is 3.38. The lowest BCUT2D eigenvalue weighted by molar-refractivity contribution is 0.0570. The summed E-state index contributed by atoms with van der Waals surface area (Å²) in [4.78, 5) is 23.1. The van der Waals surface area contributed by atoms with Crippen LogP contribution in [0.15, 0.2) is 11.5 Å². The molecule has 1 aliphatic heterocycles. The largest absolute Gasteiger partial charge is 0.465 e. The van der Waals surface area contributed by atoms with Crippen LogP contribution in [0.2, 0.25) is 0 Å². The number of carboxylic acid groups (broad SMARTS) is 1. The van der Waals surface area contributed by atoms with Crippen LogP contribution in [0.3, 0.4) is 0 Å². The Balaban J connectivity index is 2.58. The summed E-state index contributed by atoms with van der Waals surface area (Å²) >= 11 is 0. The first-order chi connectivity index (χ1) is 9.00. The Bertz CT molecular complexity index is 520. The molecule has 8 nitrogen and oxygen atoms in total. The number of hydrogen-bond acceptors (Lipinski definition) is 5. The molecule has 2 N–H and O–H groups in total. The van der Waals surface area contributed by atoms with Gasteiger partial charge in [-0.15, -0.1) is 0 Å². The van der Waals surface area contributed by atoms with Crippen molar-refractivity contribution >= 4 is 22.2 Å². The molecule has 1 unspecified atom stereocenters. The van der Waals surface area contributed by atoms with Gasteiger partial charge in [-0.05, 0) is 33.3 Å². The van der Waals surface area contributed by atoms with Gasteiger partial charge in [0.1, 0.15) is 5.60 Å². The molecule has 0 aromatic carbocycles. The molecule has 114 valence electrons. The monoisotopic (exact) mass is 306 g/mol. The second-order valence-electron chi connectivity index (χ2n) is 5.31. The molecule has 0 spiro atoms. The van der Waals surface area contributed by atoms with Crippen LogP contribution < -0.4 is 4.72 Å². The maximum absolute atomic E-state index is 11.6. The smallest absolute Gasteiger partial charge is 0.421 e. The van der Waals surface area contributed by atoms with Crippen molar-refractivity contribution in [1.29, 1.82) is 0 Å². The standard InChI is InChI=1S/C11H18N2O6S/c1-11(2,3)19-9(14)12-20(17,18)7-5-8-4-6-13(8)10(15)16/h5,7-8H,4,6H2,1-3H3,(H,12,14)(H,15,16)/b7-5+. The van der Waals surface area contributed by atoms with E-state index in [0.717, 1.165) is 10.3 Å². The number of likely N-dealkylation sites (tertiary alicyclic amines) is 1. The van der Waals surface area contributed by atoms with Crippen molar-refractivity contribution in [2.24, 2.45) is 0 Å². The predicted octanol–water partition coefficient (Wildman–Crippen LogP) is 1.11. The zero-order chi connectivity index (χ0) is 15.6. The van der Waals surface area contributed by atoms with Crippen molar-refractivity contribution in [3.8, 4) is 0 Å². The van der Waals surface area contributed by atoms with Crippen LogP contribution in [-0.2, 0) is 14.8 Å². The molecule has 1 fully saturated rings. The minimum atomic E-state index is -4.00. The highest BCUT2D eigenvalue weighted by atomic mass is 32.2. The van der Waals surface area contributed by atoms with E-state index < -0.39 is 33.9 Å². The fraction of sp³-hybridized carbons (Fsp3) is 0.636. The van der Waals surface area contributed by atoms with Crippen LogP contribution in [0.25, 0.3) is 0 Å². The number of carbonyl (C=O) groups is 2. The summed E-state index contributed by atoms with van der Waals surface area (Å²) in [5.41, 5.74) is -0.808. The Kier molecular flexibility index (Phi) is 4.64. The van der Waals surface area contributed by atoms with Gasteiger partial charge in [0.2, 0.25) is 0 Å². The van der Waals surface area contributed by atoms with Gasteiger partial charge in [0, 0.05) is 12.0 Å². The third-order valence-electron chi connectivity index (χ3n) is 2.42. The Labute approximate surface area is 117 Å². The lowest BCUT2D eigenvalue weighted by Crippen LogP contribution is -2.49. The lowest BCUT2D eigenvalue weighted by Gasteiger charge is -2.36. The number of nitrogens with zero attached hydrogens (tertiary/aromatic N) is 1. The summed E-state index contributed by atoms with van der Waals surface area (Å²) in [5.74, 6) is 0.